The molecular formula is C19H23NO. The molecule has 0 aliphatic carbocycles. The molecule has 3 rings (SSSR count). The van der Waals surface area contributed by atoms with E-state index in [0.29, 0.717) is 0 Å². The van der Waals surface area contributed by atoms with Gasteiger partial charge in [-0.3, -0.25) is 0 Å². The van der Waals surface area contributed by atoms with Crippen LogP contribution in [-0.4, -0.2) is 19.2 Å². The molecule has 2 nitrogen and oxygen atoms in total. The Bertz CT molecular complexity index is 627. The minimum atomic E-state index is 0.279. The van der Waals surface area contributed by atoms with Gasteiger partial charge < -0.3 is 10.1 Å². The molecule has 2 aromatic rings. The fourth-order valence-electron chi connectivity index (χ4n) is 3.03. The van der Waals surface area contributed by atoms with Gasteiger partial charge >= 0.3 is 0 Å². The molecule has 1 unspecified atom stereocenters. The third kappa shape index (κ3) is 3.27. The van der Waals surface area contributed by atoms with E-state index in [0.717, 1.165) is 38.2 Å². The Hall–Kier alpha value is -1.80. The highest BCUT2D eigenvalue weighted by Crippen LogP contribution is 2.23. The van der Waals surface area contributed by atoms with Crippen LogP contribution >= 0.6 is 0 Å². The third-order valence-corrected chi connectivity index (χ3v) is 4.06. The summed E-state index contributed by atoms with van der Waals surface area (Å²) in [6, 6.07) is 15.4. The van der Waals surface area contributed by atoms with Crippen molar-refractivity contribution in [3.8, 4) is 0 Å². The van der Waals surface area contributed by atoms with Crippen molar-refractivity contribution in [3.05, 3.63) is 59.9 Å². The van der Waals surface area contributed by atoms with E-state index in [1.807, 2.05) is 0 Å². The molecule has 1 heterocycles. The van der Waals surface area contributed by atoms with Gasteiger partial charge in [-0.2, -0.15) is 0 Å². The number of hydrogen-bond acceptors (Lipinski definition) is 2. The smallest absolute Gasteiger partial charge is 0.109 e. The fourth-order valence-corrected chi connectivity index (χ4v) is 3.03. The molecule has 2 aromatic carbocycles. The number of benzene rings is 2. The Morgan fingerprint density at radius 1 is 1.14 bits per heavy atom. The number of hydrogen-bond donors (Lipinski definition) is 1. The van der Waals surface area contributed by atoms with Crippen LogP contribution in [0.15, 0.2) is 54.3 Å². The van der Waals surface area contributed by atoms with Crippen molar-refractivity contribution in [1.82, 2.24) is 5.32 Å². The maximum absolute atomic E-state index is 5.88. The first-order valence-corrected chi connectivity index (χ1v) is 7.91. The zero-order chi connectivity index (χ0) is 14.5. The molecule has 1 aliphatic rings. The lowest BCUT2D eigenvalue weighted by Gasteiger charge is -2.25. The Morgan fingerprint density at radius 3 is 2.81 bits per heavy atom. The number of fused-ring (bicyclic) bond motifs is 1. The van der Waals surface area contributed by atoms with Gasteiger partial charge in [0.15, 0.2) is 0 Å². The summed E-state index contributed by atoms with van der Waals surface area (Å²) in [7, 11) is 0. The van der Waals surface area contributed by atoms with E-state index >= 15 is 0 Å². The molecule has 1 aliphatic heterocycles. The van der Waals surface area contributed by atoms with E-state index in [1.54, 1.807) is 0 Å². The van der Waals surface area contributed by atoms with Crippen LogP contribution in [0.4, 0.5) is 0 Å². The second kappa shape index (κ2) is 6.77. The minimum Gasteiger partial charge on any atom is -0.497 e. The monoisotopic (exact) mass is 281 g/mol. The summed E-state index contributed by atoms with van der Waals surface area (Å²) >= 11 is 0. The van der Waals surface area contributed by atoms with Gasteiger partial charge in [-0.1, -0.05) is 49.4 Å². The highest BCUT2D eigenvalue weighted by molar-refractivity contribution is 5.85. The minimum absolute atomic E-state index is 0.279. The number of nitrogens with one attached hydrogen (secondary N) is 1. The van der Waals surface area contributed by atoms with Crippen molar-refractivity contribution in [2.45, 2.75) is 32.2 Å². The lowest BCUT2D eigenvalue weighted by atomic mass is 9.97. The van der Waals surface area contributed by atoms with Gasteiger partial charge in [-0.25, -0.2) is 0 Å². The normalized spacial score (nSPS) is 16.3. The predicted molar refractivity (Wildman–Crippen MR) is 88.4 cm³/mol. The van der Waals surface area contributed by atoms with E-state index < -0.39 is 0 Å². The Labute approximate surface area is 126 Å². The van der Waals surface area contributed by atoms with Gasteiger partial charge in [0.05, 0.1) is 12.6 Å². The first-order chi connectivity index (χ1) is 10.4. The Balaban J connectivity index is 1.89. The summed E-state index contributed by atoms with van der Waals surface area (Å²) in [5.41, 5.74) is 1.38. The lowest BCUT2D eigenvalue weighted by Crippen LogP contribution is -2.34. The standard InChI is InChI=1S/C19H23NO/c1-2-20-18(19-12-5-6-13-21-19)14-16-10-7-9-15-8-3-4-11-17(15)16/h3-4,7-12,18,20H,2,5-6,13-14H2,1H3. The SMILES string of the molecule is CCNC(Cc1cccc2ccccc12)C1=CCCCO1. The van der Waals surface area contributed by atoms with Crippen molar-refractivity contribution in [2.24, 2.45) is 0 Å². The van der Waals surface area contributed by atoms with Crippen LogP contribution in [-0.2, 0) is 11.2 Å². The fraction of sp³-hybridized carbons (Fsp3) is 0.368. The molecule has 2 heteroatoms. The maximum atomic E-state index is 5.88. The van der Waals surface area contributed by atoms with Crippen LogP contribution in [0.5, 0.6) is 0 Å². The molecule has 0 aromatic heterocycles. The number of rotatable bonds is 5. The largest absolute Gasteiger partial charge is 0.497 e. The van der Waals surface area contributed by atoms with E-state index in [2.05, 4.69) is 60.8 Å². The number of ether oxygens (including phenoxy) is 1. The summed E-state index contributed by atoms with van der Waals surface area (Å²) < 4.78 is 5.88. The van der Waals surface area contributed by atoms with Crippen molar-refractivity contribution in [2.75, 3.05) is 13.2 Å². The van der Waals surface area contributed by atoms with E-state index in [9.17, 15) is 0 Å². The van der Waals surface area contributed by atoms with Gasteiger partial charge in [0.2, 0.25) is 0 Å². The van der Waals surface area contributed by atoms with Crippen LogP contribution in [0.3, 0.4) is 0 Å². The summed E-state index contributed by atoms with van der Waals surface area (Å²) in [4.78, 5) is 0. The summed E-state index contributed by atoms with van der Waals surface area (Å²) in [5.74, 6) is 1.12. The topological polar surface area (TPSA) is 21.3 Å². The maximum Gasteiger partial charge on any atom is 0.109 e. The first kappa shape index (κ1) is 14.2. The Morgan fingerprint density at radius 2 is 2.00 bits per heavy atom. The molecule has 0 radical (unpaired) electrons. The van der Waals surface area contributed by atoms with Gasteiger partial charge in [-0.15, -0.1) is 0 Å². The van der Waals surface area contributed by atoms with Crippen molar-refractivity contribution in [3.63, 3.8) is 0 Å². The van der Waals surface area contributed by atoms with E-state index in [1.165, 1.54) is 16.3 Å². The summed E-state index contributed by atoms with van der Waals surface area (Å²) in [6.45, 7) is 3.96. The van der Waals surface area contributed by atoms with E-state index in [-0.39, 0.29) is 6.04 Å². The Kier molecular flexibility index (Phi) is 4.56. The van der Waals surface area contributed by atoms with Gasteiger partial charge in [0.25, 0.3) is 0 Å². The molecule has 0 amide bonds. The van der Waals surface area contributed by atoms with Crippen LogP contribution in [0.2, 0.25) is 0 Å². The number of allylic oxidation sites excluding steroid dienone is 1. The molecule has 1 atom stereocenters. The molecule has 1 N–H and O–H groups in total. The summed E-state index contributed by atoms with van der Waals surface area (Å²) in [5, 5.41) is 6.23. The van der Waals surface area contributed by atoms with Gasteiger partial charge in [-0.05, 0) is 48.2 Å². The molecule has 110 valence electrons. The second-order valence-corrected chi connectivity index (χ2v) is 5.55. The first-order valence-electron chi connectivity index (χ1n) is 7.91. The van der Waals surface area contributed by atoms with Crippen LogP contribution < -0.4 is 5.32 Å². The summed E-state index contributed by atoms with van der Waals surface area (Å²) in [6.07, 6.45) is 5.49. The average molecular weight is 281 g/mol. The second-order valence-electron chi connectivity index (χ2n) is 5.55. The van der Waals surface area contributed by atoms with Crippen LogP contribution in [0.25, 0.3) is 10.8 Å². The molecule has 0 fully saturated rings. The predicted octanol–water partition coefficient (Wildman–Crippen LogP) is 4.05. The quantitative estimate of drug-likeness (QED) is 0.892. The molecule has 21 heavy (non-hydrogen) atoms. The zero-order valence-electron chi connectivity index (χ0n) is 12.6. The van der Waals surface area contributed by atoms with Gasteiger partial charge in [0, 0.05) is 0 Å². The highest BCUT2D eigenvalue weighted by atomic mass is 16.5. The molecule has 0 bridgehead atoms. The molecule has 0 saturated carbocycles. The third-order valence-electron chi connectivity index (χ3n) is 4.06. The highest BCUT2D eigenvalue weighted by Gasteiger charge is 2.18. The zero-order valence-corrected chi connectivity index (χ0v) is 12.6. The molecular weight excluding hydrogens is 258 g/mol. The average Bonchev–Trinajstić information content (AvgIpc) is 2.55. The van der Waals surface area contributed by atoms with Gasteiger partial charge in [0.1, 0.15) is 5.76 Å². The van der Waals surface area contributed by atoms with Crippen molar-refractivity contribution in [1.29, 1.82) is 0 Å². The van der Waals surface area contributed by atoms with Crippen molar-refractivity contribution < 1.29 is 4.74 Å². The van der Waals surface area contributed by atoms with Crippen LogP contribution in [0, 0.1) is 0 Å². The van der Waals surface area contributed by atoms with Crippen LogP contribution in [0.1, 0.15) is 25.3 Å². The molecule has 0 spiro atoms. The van der Waals surface area contributed by atoms with Crippen molar-refractivity contribution >= 4 is 10.8 Å². The molecule has 0 saturated heterocycles. The lowest BCUT2D eigenvalue weighted by molar-refractivity contribution is 0.167. The number of likely N-dealkylation sites (N-methyl/N-ethyl adjacent to an activating group) is 1. The van der Waals surface area contributed by atoms with E-state index in [4.69, 9.17) is 4.74 Å².